The Morgan fingerprint density at radius 1 is 1.10 bits per heavy atom. The third-order valence-electron chi connectivity index (χ3n) is 2.80. The number of aromatic nitrogens is 3. The van der Waals surface area contributed by atoms with Crippen molar-refractivity contribution >= 4 is 22.5 Å². The first-order valence-corrected chi connectivity index (χ1v) is 6.38. The fraction of sp³-hybridized carbons (Fsp3) is 0.0714. The second-order valence-electron chi connectivity index (χ2n) is 4.13. The Balaban J connectivity index is 2.00. The first kappa shape index (κ1) is 12.8. The number of fused-ring (bicyclic) bond motifs is 1. The molecule has 5 nitrogen and oxygen atoms in total. The molecule has 0 bridgehead atoms. The molecule has 0 amide bonds. The van der Waals surface area contributed by atoms with Crippen molar-refractivity contribution in [3.05, 3.63) is 53.4 Å². The zero-order chi connectivity index (χ0) is 13.9. The van der Waals surface area contributed by atoms with Crippen LogP contribution >= 0.6 is 11.6 Å². The zero-order valence-electron chi connectivity index (χ0n) is 10.5. The monoisotopic (exact) mass is 286 g/mol. The van der Waals surface area contributed by atoms with Gasteiger partial charge in [0.25, 0.3) is 0 Å². The summed E-state index contributed by atoms with van der Waals surface area (Å²) in [5, 5.41) is 1.45. The molecule has 0 aliphatic heterocycles. The summed E-state index contributed by atoms with van der Waals surface area (Å²) in [4.78, 5) is 12.5. The van der Waals surface area contributed by atoms with Crippen molar-refractivity contribution in [1.29, 1.82) is 0 Å². The molecule has 0 atom stereocenters. The molecule has 20 heavy (non-hydrogen) atoms. The minimum atomic E-state index is 0.247. The summed E-state index contributed by atoms with van der Waals surface area (Å²) in [5.41, 5.74) is 7.01. The van der Waals surface area contributed by atoms with E-state index in [9.17, 15) is 0 Å². The largest absolute Gasteiger partial charge is 0.422 e. The lowest BCUT2D eigenvalue weighted by Gasteiger charge is -2.07. The summed E-state index contributed by atoms with van der Waals surface area (Å²) in [6.45, 7) is 0.395. The summed E-state index contributed by atoms with van der Waals surface area (Å²) < 4.78 is 5.66. The number of ether oxygens (including phenoxy) is 1. The third kappa shape index (κ3) is 2.41. The lowest BCUT2D eigenvalue weighted by molar-refractivity contribution is 0.445. The SMILES string of the molecule is NCc1cnc(Oc2ccc(Cl)c3cccnc23)nc1. The molecular weight excluding hydrogens is 276 g/mol. The van der Waals surface area contributed by atoms with E-state index in [1.807, 2.05) is 12.1 Å². The van der Waals surface area contributed by atoms with Gasteiger partial charge < -0.3 is 10.5 Å². The molecule has 1 aromatic carbocycles. The maximum absolute atomic E-state index is 6.13. The maximum Gasteiger partial charge on any atom is 0.321 e. The number of nitrogens with zero attached hydrogens (tertiary/aromatic N) is 3. The number of hydrogen-bond donors (Lipinski definition) is 1. The molecule has 2 N–H and O–H groups in total. The Bertz CT molecular complexity index is 746. The van der Waals surface area contributed by atoms with Gasteiger partial charge in [-0.25, -0.2) is 9.97 Å². The van der Waals surface area contributed by atoms with Crippen LogP contribution in [0.3, 0.4) is 0 Å². The van der Waals surface area contributed by atoms with Gasteiger partial charge in [0.15, 0.2) is 5.75 Å². The summed E-state index contributed by atoms with van der Waals surface area (Å²) in [6, 6.07) is 7.46. The lowest BCUT2D eigenvalue weighted by atomic mass is 10.2. The second-order valence-corrected chi connectivity index (χ2v) is 4.53. The summed E-state index contributed by atoms with van der Waals surface area (Å²) in [6.07, 6.45) is 4.95. The highest BCUT2D eigenvalue weighted by Gasteiger charge is 2.09. The molecule has 0 fully saturated rings. The molecule has 0 radical (unpaired) electrons. The van der Waals surface area contributed by atoms with Crippen molar-refractivity contribution in [2.75, 3.05) is 0 Å². The van der Waals surface area contributed by atoms with E-state index in [1.54, 1.807) is 30.7 Å². The average Bonchev–Trinajstić information content (AvgIpc) is 2.51. The van der Waals surface area contributed by atoms with Crippen LogP contribution in [0.2, 0.25) is 5.02 Å². The number of hydrogen-bond acceptors (Lipinski definition) is 5. The molecule has 3 rings (SSSR count). The van der Waals surface area contributed by atoms with Gasteiger partial charge in [0.1, 0.15) is 5.52 Å². The van der Waals surface area contributed by atoms with Gasteiger partial charge in [-0.15, -0.1) is 0 Å². The Morgan fingerprint density at radius 2 is 1.90 bits per heavy atom. The van der Waals surface area contributed by atoms with Gasteiger partial charge in [-0.2, -0.15) is 0 Å². The third-order valence-corrected chi connectivity index (χ3v) is 3.13. The molecule has 6 heteroatoms. The fourth-order valence-corrected chi connectivity index (χ4v) is 2.01. The van der Waals surface area contributed by atoms with E-state index in [-0.39, 0.29) is 6.01 Å². The minimum Gasteiger partial charge on any atom is -0.422 e. The van der Waals surface area contributed by atoms with Crippen molar-refractivity contribution in [3.8, 4) is 11.8 Å². The summed E-state index contributed by atoms with van der Waals surface area (Å²) in [7, 11) is 0. The fourth-order valence-electron chi connectivity index (χ4n) is 1.79. The Labute approximate surface area is 120 Å². The van der Waals surface area contributed by atoms with Crippen LogP contribution in [0.1, 0.15) is 5.56 Å². The highest BCUT2D eigenvalue weighted by molar-refractivity contribution is 6.35. The predicted octanol–water partition coefficient (Wildman–Crippen LogP) is 2.93. The molecule has 0 saturated carbocycles. The lowest BCUT2D eigenvalue weighted by Crippen LogP contribution is -1.99. The van der Waals surface area contributed by atoms with Crippen LogP contribution in [0.4, 0.5) is 0 Å². The first-order valence-electron chi connectivity index (χ1n) is 6.00. The number of nitrogens with two attached hydrogens (primary N) is 1. The number of pyridine rings is 1. The molecule has 100 valence electrons. The average molecular weight is 287 g/mol. The van der Waals surface area contributed by atoms with Crippen LogP contribution in [0, 0.1) is 0 Å². The number of benzene rings is 1. The van der Waals surface area contributed by atoms with Crippen LogP contribution in [0.15, 0.2) is 42.9 Å². The van der Waals surface area contributed by atoms with Crippen molar-refractivity contribution in [3.63, 3.8) is 0 Å². The van der Waals surface area contributed by atoms with Gasteiger partial charge in [0, 0.05) is 36.1 Å². The summed E-state index contributed by atoms with van der Waals surface area (Å²) in [5.74, 6) is 0.561. The van der Waals surface area contributed by atoms with Crippen LogP contribution in [0.5, 0.6) is 11.8 Å². The Kier molecular flexibility index (Phi) is 3.45. The molecule has 2 aromatic heterocycles. The molecule has 2 heterocycles. The smallest absolute Gasteiger partial charge is 0.321 e. The topological polar surface area (TPSA) is 73.9 Å². The van der Waals surface area contributed by atoms with Gasteiger partial charge in [0.2, 0.25) is 0 Å². The minimum absolute atomic E-state index is 0.247. The predicted molar refractivity (Wildman–Crippen MR) is 76.8 cm³/mol. The van der Waals surface area contributed by atoms with Gasteiger partial charge in [0.05, 0.1) is 5.02 Å². The highest BCUT2D eigenvalue weighted by Crippen LogP contribution is 2.31. The van der Waals surface area contributed by atoms with E-state index in [0.29, 0.717) is 22.8 Å². The highest BCUT2D eigenvalue weighted by atomic mass is 35.5. The van der Waals surface area contributed by atoms with E-state index >= 15 is 0 Å². The molecular formula is C14H11ClN4O. The van der Waals surface area contributed by atoms with Crippen molar-refractivity contribution < 1.29 is 4.74 Å². The van der Waals surface area contributed by atoms with E-state index in [4.69, 9.17) is 22.1 Å². The van der Waals surface area contributed by atoms with Crippen molar-refractivity contribution in [1.82, 2.24) is 15.0 Å². The van der Waals surface area contributed by atoms with E-state index in [0.717, 1.165) is 10.9 Å². The van der Waals surface area contributed by atoms with E-state index in [2.05, 4.69) is 15.0 Å². The molecule has 3 aromatic rings. The van der Waals surface area contributed by atoms with E-state index < -0.39 is 0 Å². The Hall–Kier alpha value is -2.24. The van der Waals surface area contributed by atoms with Gasteiger partial charge in [-0.3, -0.25) is 4.98 Å². The maximum atomic E-state index is 6.13. The van der Waals surface area contributed by atoms with Crippen molar-refractivity contribution in [2.24, 2.45) is 5.73 Å². The van der Waals surface area contributed by atoms with Crippen molar-refractivity contribution in [2.45, 2.75) is 6.54 Å². The normalized spacial score (nSPS) is 10.7. The standard InChI is InChI=1S/C14H11ClN4O/c15-11-3-4-12(13-10(11)2-1-5-17-13)20-14-18-7-9(6-16)8-19-14/h1-5,7-8H,6,16H2. The molecule has 0 aliphatic carbocycles. The second kappa shape index (κ2) is 5.40. The quantitative estimate of drug-likeness (QED) is 0.801. The molecule has 0 unspecified atom stereocenters. The van der Waals surface area contributed by atoms with E-state index in [1.165, 1.54) is 0 Å². The molecule has 0 aliphatic rings. The van der Waals surface area contributed by atoms with Gasteiger partial charge in [-0.1, -0.05) is 11.6 Å². The van der Waals surface area contributed by atoms with Crippen LogP contribution < -0.4 is 10.5 Å². The van der Waals surface area contributed by atoms with Gasteiger partial charge >= 0.3 is 6.01 Å². The molecule has 0 saturated heterocycles. The zero-order valence-corrected chi connectivity index (χ0v) is 11.2. The molecule has 0 spiro atoms. The number of rotatable bonds is 3. The summed E-state index contributed by atoms with van der Waals surface area (Å²) >= 11 is 6.13. The van der Waals surface area contributed by atoms with Crippen LogP contribution in [-0.2, 0) is 6.54 Å². The van der Waals surface area contributed by atoms with Crippen LogP contribution in [-0.4, -0.2) is 15.0 Å². The number of halogens is 1. The van der Waals surface area contributed by atoms with Crippen LogP contribution in [0.25, 0.3) is 10.9 Å². The Morgan fingerprint density at radius 3 is 2.65 bits per heavy atom. The first-order chi connectivity index (χ1) is 9.78. The van der Waals surface area contributed by atoms with Gasteiger partial charge in [-0.05, 0) is 24.3 Å².